The molecule has 0 bridgehead atoms. The minimum atomic E-state index is 0.0983. The van der Waals surface area contributed by atoms with E-state index in [2.05, 4.69) is 28.9 Å². The van der Waals surface area contributed by atoms with Crippen LogP contribution in [-0.2, 0) is 0 Å². The van der Waals surface area contributed by atoms with E-state index in [1.807, 2.05) is 0 Å². The van der Waals surface area contributed by atoms with Crippen LogP contribution in [-0.4, -0.2) is 48.6 Å². The van der Waals surface area contributed by atoms with E-state index in [1.54, 1.807) is 0 Å². The van der Waals surface area contributed by atoms with Gasteiger partial charge in [0.1, 0.15) is 0 Å². The highest BCUT2D eigenvalue weighted by Gasteiger charge is 2.44. The first-order valence-corrected chi connectivity index (χ1v) is 7.46. The van der Waals surface area contributed by atoms with Gasteiger partial charge >= 0.3 is 0 Å². The van der Waals surface area contributed by atoms with Crippen molar-refractivity contribution in [2.24, 2.45) is 5.41 Å². The summed E-state index contributed by atoms with van der Waals surface area (Å²) in [4.78, 5) is 4.81. The predicted molar refractivity (Wildman–Crippen MR) is 74.2 cm³/mol. The predicted octanol–water partition coefficient (Wildman–Crippen LogP) is 1.99. The average molecular weight is 260 g/mol. The largest absolute Gasteiger partial charge is 0.300 e. The first kappa shape index (κ1) is 14.3. The molecule has 1 unspecified atom stereocenters. The summed E-state index contributed by atoms with van der Waals surface area (Å²) in [7, 11) is 0. The third kappa shape index (κ3) is 3.69. The van der Waals surface area contributed by atoms with Crippen LogP contribution >= 0.6 is 0 Å². The highest BCUT2D eigenvalue weighted by molar-refractivity contribution is 5.02. The number of nitriles is 2. The van der Waals surface area contributed by atoms with Crippen LogP contribution in [0.1, 0.15) is 39.0 Å². The van der Waals surface area contributed by atoms with Crippen LogP contribution in [0.3, 0.4) is 0 Å². The van der Waals surface area contributed by atoms with Crippen LogP contribution in [0.2, 0.25) is 0 Å². The third-order valence-corrected chi connectivity index (χ3v) is 4.53. The molecule has 1 saturated heterocycles. The monoisotopic (exact) mass is 260 g/mol. The lowest BCUT2D eigenvalue weighted by Crippen LogP contribution is -2.51. The van der Waals surface area contributed by atoms with E-state index in [0.717, 1.165) is 45.6 Å². The van der Waals surface area contributed by atoms with Gasteiger partial charge in [0.15, 0.2) is 0 Å². The number of hydrogen-bond donors (Lipinski definition) is 0. The molecule has 104 valence electrons. The summed E-state index contributed by atoms with van der Waals surface area (Å²) in [5, 5.41) is 18.1. The molecular formula is C15H24N4. The van der Waals surface area contributed by atoms with E-state index in [0.29, 0.717) is 11.8 Å². The molecule has 1 atom stereocenters. The molecule has 0 aromatic rings. The lowest BCUT2D eigenvalue weighted by atomic mass is 10.0. The molecule has 2 aliphatic rings. The Balaban J connectivity index is 1.77. The second-order valence-corrected chi connectivity index (χ2v) is 6.08. The Morgan fingerprint density at radius 1 is 1.16 bits per heavy atom. The number of piperazine rings is 1. The van der Waals surface area contributed by atoms with Crippen molar-refractivity contribution in [2.75, 3.05) is 32.7 Å². The molecule has 2 rings (SSSR count). The fourth-order valence-corrected chi connectivity index (χ4v) is 3.04. The zero-order chi connectivity index (χ0) is 13.7. The standard InChI is InChI=1S/C15H24N4/c1-2-3-14(12-17)19-10-8-18(9-11-19)13-15(4-5-15)6-7-16/h14H,2-6,8-11,13H2,1H3. The van der Waals surface area contributed by atoms with Crippen LogP contribution in [0.4, 0.5) is 0 Å². The van der Waals surface area contributed by atoms with Crippen molar-refractivity contribution in [1.82, 2.24) is 9.80 Å². The number of hydrogen-bond acceptors (Lipinski definition) is 4. The van der Waals surface area contributed by atoms with Gasteiger partial charge in [-0.25, -0.2) is 0 Å². The zero-order valence-corrected chi connectivity index (χ0v) is 11.9. The van der Waals surface area contributed by atoms with E-state index in [1.165, 1.54) is 12.8 Å². The van der Waals surface area contributed by atoms with E-state index in [-0.39, 0.29) is 6.04 Å². The Labute approximate surface area is 116 Å². The van der Waals surface area contributed by atoms with E-state index >= 15 is 0 Å². The van der Waals surface area contributed by atoms with Crippen molar-refractivity contribution >= 4 is 0 Å². The van der Waals surface area contributed by atoms with Gasteiger partial charge in [-0.2, -0.15) is 10.5 Å². The summed E-state index contributed by atoms with van der Waals surface area (Å²) in [6, 6.07) is 4.86. The molecule has 0 aromatic heterocycles. The summed E-state index contributed by atoms with van der Waals surface area (Å²) in [6.07, 6.45) is 5.21. The quantitative estimate of drug-likeness (QED) is 0.733. The van der Waals surface area contributed by atoms with Crippen molar-refractivity contribution in [3.8, 4) is 12.1 Å². The molecule has 1 saturated carbocycles. The van der Waals surface area contributed by atoms with Crippen LogP contribution in [0.25, 0.3) is 0 Å². The molecule has 1 aliphatic heterocycles. The second kappa shape index (κ2) is 6.37. The van der Waals surface area contributed by atoms with Crippen LogP contribution in [0.15, 0.2) is 0 Å². The first-order chi connectivity index (χ1) is 9.23. The van der Waals surface area contributed by atoms with E-state index < -0.39 is 0 Å². The van der Waals surface area contributed by atoms with Gasteiger partial charge in [-0.1, -0.05) is 13.3 Å². The lowest BCUT2D eigenvalue weighted by molar-refractivity contribution is 0.0956. The average Bonchev–Trinajstić information content (AvgIpc) is 3.17. The molecular weight excluding hydrogens is 236 g/mol. The van der Waals surface area contributed by atoms with Gasteiger partial charge in [-0.05, 0) is 24.7 Å². The Morgan fingerprint density at radius 2 is 1.84 bits per heavy atom. The van der Waals surface area contributed by atoms with Crippen LogP contribution in [0.5, 0.6) is 0 Å². The van der Waals surface area contributed by atoms with Crippen LogP contribution < -0.4 is 0 Å². The Hall–Kier alpha value is -1.10. The van der Waals surface area contributed by atoms with E-state index in [9.17, 15) is 5.26 Å². The summed E-state index contributed by atoms with van der Waals surface area (Å²) < 4.78 is 0. The maximum absolute atomic E-state index is 9.20. The van der Waals surface area contributed by atoms with Gasteiger partial charge in [0.25, 0.3) is 0 Å². The normalized spacial score (nSPS) is 24.4. The smallest absolute Gasteiger partial charge is 0.0978 e. The third-order valence-electron chi connectivity index (χ3n) is 4.53. The molecule has 0 aromatic carbocycles. The molecule has 0 spiro atoms. The molecule has 2 fully saturated rings. The Bertz CT molecular complexity index is 367. The molecule has 1 heterocycles. The van der Waals surface area contributed by atoms with Crippen molar-refractivity contribution in [3.05, 3.63) is 0 Å². The molecule has 4 nitrogen and oxygen atoms in total. The minimum Gasteiger partial charge on any atom is -0.300 e. The van der Waals surface area contributed by atoms with Gasteiger partial charge in [0.2, 0.25) is 0 Å². The zero-order valence-electron chi connectivity index (χ0n) is 11.9. The second-order valence-electron chi connectivity index (χ2n) is 6.08. The van der Waals surface area contributed by atoms with Crippen molar-refractivity contribution in [3.63, 3.8) is 0 Å². The molecule has 0 radical (unpaired) electrons. The van der Waals surface area contributed by atoms with Crippen molar-refractivity contribution in [2.45, 2.75) is 45.1 Å². The maximum atomic E-state index is 9.20. The van der Waals surface area contributed by atoms with Gasteiger partial charge < -0.3 is 4.90 Å². The van der Waals surface area contributed by atoms with Gasteiger partial charge in [0, 0.05) is 39.1 Å². The molecule has 0 N–H and O–H groups in total. The Kier molecular flexibility index (Phi) is 4.80. The van der Waals surface area contributed by atoms with Gasteiger partial charge in [0.05, 0.1) is 18.2 Å². The fourth-order valence-electron chi connectivity index (χ4n) is 3.04. The molecule has 1 aliphatic carbocycles. The topological polar surface area (TPSA) is 54.1 Å². The summed E-state index contributed by atoms with van der Waals surface area (Å²) in [5.41, 5.74) is 0.314. The number of rotatable bonds is 6. The summed E-state index contributed by atoms with van der Waals surface area (Å²) >= 11 is 0. The Morgan fingerprint density at radius 3 is 2.32 bits per heavy atom. The highest BCUT2D eigenvalue weighted by atomic mass is 15.3. The molecule has 4 heteroatoms. The lowest BCUT2D eigenvalue weighted by Gasteiger charge is -2.38. The minimum absolute atomic E-state index is 0.0983. The van der Waals surface area contributed by atoms with Crippen molar-refractivity contribution < 1.29 is 0 Å². The van der Waals surface area contributed by atoms with Crippen LogP contribution in [0, 0.1) is 28.1 Å². The van der Waals surface area contributed by atoms with Crippen molar-refractivity contribution in [1.29, 1.82) is 10.5 Å². The fraction of sp³-hybridized carbons (Fsp3) is 0.867. The van der Waals surface area contributed by atoms with Gasteiger partial charge in [-0.15, -0.1) is 0 Å². The highest BCUT2D eigenvalue weighted by Crippen LogP contribution is 2.49. The number of nitrogens with zero attached hydrogens (tertiary/aromatic N) is 4. The first-order valence-electron chi connectivity index (χ1n) is 7.46. The molecule has 0 amide bonds. The SMILES string of the molecule is CCCC(C#N)N1CCN(CC2(CC#N)CC2)CC1. The maximum Gasteiger partial charge on any atom is 0.0978 e. The summed E-state index contributed by atoms with van der Waals surface area (Å²) in [6.45, 7) is 7.32. The summed E-state index contributed by atoms with van der Waals surface area (Å²) in [5.74, 6) is 0. The van der Waals surface area contributed by atoms with E-state index in [4.69, 9.17) is 5.26 Å². The molecule has 19 heavy (non-hydrogen) atoms. The van der Waals surface area contributed by atoms with Gasteiger partial charge in [-0.3, -0.25) is 4.90 Å².